The van der Waals surface area contributed by atoms with E-state index in [1.54, 1.807) is 0 Å². The van der Waals surface area contributed by atoms with Gasteiger partial charge in [-0.2, -0.15) is 5.10 Å². The third kappa shape index (κ3) is 3.07. The number of nitrogens with zero attached hydrogens (tertiary/aromatic N) is 3. The van der Waals surface area contributed by atoms with Crippen LogP contribution in [-0.2, 0) is 6.54 Å². The van der Waals surface area contributed by atoms with Crippen LogP contribution >= 0.6 is 0 Å². The molecule has 0 aliphatic rings. The molecule has 1 unspecified atom stereocenters. The largest absolute Gasteiger partial charge is 0.304 e. The van der Waals surface area contributed by atoms with Crippen LogP contribution in [0.15, 0.2) is 24.5 Å². The number of hydrogen-bond donors (Lipinski definition) is 1. The maximum Gasteiger partial charge on any atom is 0.0924 e. The lowest BCUT2D eigenvalue weighted by molar-refractivity contribution is 0.513. The van der Waals surface area contributed by atoms with Crippen LogP contribution in [0.2, 0.25) is 0 Å². The Labute approximate surface area is 121 Å². The monoisotopic (exact) mass is 272 g/mol. The lowest BCUT2D eigenvalue weighted by atomic mass is 10.0. The van der Waals surface area contributed by atoms with E-state index in [9.17, 15) is 0 Å². The second-order valence-electron chi connectivity index (χ2n) is 5.18. The summed E-state index contributed by atoms with van der Waals surface area (Å²) < 4.78 is 2.08. The Bertz CT molecular complexity index is 559. The van der Waals surface area contributed by atoms with Gasteiger partial charge < -0.3 is 5.32 Å². The zero-order valence-corrected chi connectivity index (χ0v) is 12.8. The predicted octanol–water partition coefficient (Wildman–Crippen LogP) is 3.00. The molecule has 2 rings (SSSR count). The molecule has 0 saturated heterocycles. The van der Waals surface area contributed by atoms with Gasteiger partial charge in [-0.25, -0.2) is 0 Å². The van der Waals surface area contributed by atoms with Crippen LogP contribution in [0.25, 0.3) is 0 Å². The topological polar surface area (TPSA) is 42.7 Å². The third-order valence-corrected chi connectivity index (χ3v) is 3.42. The molecule has 1 N–H and O–H groups in total. The van der Waals surface area contributed by atoms with E-state index in [4.69, 9.17) is 0 Å². The van der Waals surface area contributed by atoms with E-state index in [0.717, 1.165) is 25.2 Å². The highest BCUT2D eigenvalue weighted by Crippen LogP contribution is 2.23. The summed E-state index contributed by atoms with van der Waals surface area (Å²) in [7, 11) is 0. The zero-order chi connectivity index (χ0) is 14.5. The molecule has 0 spiro atoms. The van der Waals surface area contributed by atoms with Gasteiger partial charge in [-0.15, -0.1) is 0 Å². The minimum atomic E-state index is 0.106. The number of rotatable bonds is 6. The molecular formula is C16H24N4. The molecule has 1 atom stereocenters. The summed E-state index contributed by atoms with van der Waals surface area (Å²) in [5.41, 5.74) is 4.70. The lowest BCUT2D eigenvalue weighted by Crippen LogP contribution is -2.26. The van der Waals surface area contributed by atoms with Crippen LogP contribution in [0.5, 0.6) is 0 Å². The standard InChI is InChI=1S/C16H24N4/c1-5-9-20-14(7-8-19-20)16(17-6-2)15-13(4)10-12(3)11-18-15/h7-8,10-11,16-17H,5-6,9H2,1-4H3. The van der Waals surface area contributed by atoms with Gasteiger partial charge in [-0.3, -0.25) is 9.67 Å². The highest BCUT2D eigenvalue weighted by Gasteiger charge is 2.20. The van der Waals surface area contributed by atoms with Gasteiger partial charge in [-0.1, -0.05) is 19.9 Å². The van der Waals surface area contributed by atoms with Gasteiger partial charge in [0, 0.05) is 18.9 Å². The summed E-state index contributed by atoms with van der Waals surface area (Å²) in [6.07, 6.45) is 4.89. The first-order valence-electron chi connectivity index (χ1n) is 7.35. The summed E-state index contributed by atoms with van der Waals surface area (Å²) in [5.74, 6) is 0. The molecular weight excluding hydrogens is 248 g/mol. The van der Waals surface area contributed by atoms with Crippen molar-refractivity contribution >= 4 is 0 Å². The van der Waals surface area contributed by atoms with E-state index in [-0.39, 0.29) is 6.04 Å². The van der Waals surface area contributed by atoms with Crippen LogP contribution in [0.1, 0.15) is 48.8 Å². The van der Waals surface area contributed by atoms with E-state index >= 15 is 0 Å². The Morgan fingerprint density at radius 1 is 1.30 bits per heavy atom. The van der Waals surface area contributed by atoms with E-state index in [2.05, 4.69) is 59.9 Å². The average Bonchev–Trinajstić information content (AvgIpc) is 2.85. The molecule has 0 aliphatic heterocycles. The fraction of sp³-hybridized carbons (Fsp3) is 0.500. The number of nitrogens with one attached hydrogen (secondary N) is 1. The molecule has 0 amide bonds. The molecule has 2 aromatic heterocycles. The van der Waals surface area contributed by atoms with E-state index in [1.165, 1.54) is 16.8 Å². The van der Waals surface area contributed by atoms with E-state index < -0.39 is 0 Å². The molecule has 2 aromatic rings. The van der Waals surface area contributed by atoms with Crippen molar-refractivity contribution in [3.63, 3.8) is 0 Å². The van der Waals surface area contributed by atoms with Gasteiger partial charge in [-0.05, 0) is 44.0 Å². The Kier molecular flexibility index (Phi) is 4.90. The first kappa shape index (κ1) is 14.7. The van der Waals surface area contributed by atoms with Crippen molar-refractivity contribution < 1.29 is 0 Å². The molecule has 4 nitrogen and oxygen atoms in total. The highest BCUT2D eigenvalue weighted by molar-refractivity contribution is 5.31. The average molecular weight is 272 g/mol. The van der Waals surface area contributed by atoms with Crippen molar-refractivity contribution in [1.82, 2.24) is 20.1 Å². The minimum absolute atomic E-state index is 0.106. The van der Waals surface area contributed by atoms with Gasteiger partial charge in [0.2, 0.25) is 0 Å². The molecule has 0 aliphatic carbocycles. The Hall–Kier alpha value is -1.68. The van der Waals surface area contributed by atoms with Crippen molar-refractivity contribution in [2.75, 3.05) is 6.54 Å². The second-order valence-corrected chi connectivity index (χ2v) is 5.18. The molecule has 0 radical (unpaired) electrons. The van der Waals surface area contributed by atoms with Crippen molar-refractivity contribution in [2.24, 2.45) is 0 Å². The second kappa shape index (κ2) is 6.66. The molecule has 4 heteroatoms. The van der Waals surface area contributed by atoms with Gasteiger partial charge in [0.25, 0.3) is 0 Å². The summed E-state index contributed by atoms with van der Waals surface area (Å²) in [5, 5.41) is 7.97. The summed E-state index contributed by atoms with van der Waals surface area (Å²) in [6, 6.07) is 4.38. The normalized spacial score (nSPS) is 12.6. The smallest absolute Gasteiger partial charge is 0.0924 e. The minimum Gasteiger partial charge on any atom is -0.304 e. The fourth-order valence-corrected chi connectivity index (χ4v) is 2.56. The number of aromatic nitrogens is 3. The van der Waals surface area contributed by atoms with Crippen LogP contribution in [0, 0.1) is 13.8 Å². The maximum atomic E-state index is 4.65. The molecule has 0 aromatic carbocycles. The van der Waals surface area contributed by atoms with Crippen LogP contribution in [-0.4, -0.2) is 21.3 Å². The molecule has 0 fully saturated rings. The maximum absolute atomic E-state index is 4.65. The summed E-state index contributed by atoms with van der Waals surface area (Å²) >= 11 is 0. The van der Waals surface area contributed by atoms with Gasteiger partial charge >= 0.3 is 0 Å². The van der Waals surface area contributed by atoms with Crippen molar-refractivity contribution in [1.29, 1.82) is 0 Å². The third-order valence-electron chi connectivity index (χ3n) is 3.42. The SMILES string of the molecule is CCCn1nccc1C(NCC)c1ncc(C)cc1C. The quantitative estimate of drug-likeness (QED) is 0.879. The Morgan fingerprint density at radius 2 is 2.10 bits per heavy atom. The van der Waals surface area contributed by atoms with Crippen molar-refractivity contribution in [2.45, 2.75) is 46.7 Å². The Balaban J connectivity index is 2.42. The Morgan fingerprint density at radius 3 is 2.75 bits per heavy atom. The molecule has 0 bridgehead atoms. The van der Waals surface area contributed by atoms with Gasteiger partial charge in [0.15, 0.2) is 0 Å². The molecule has 108 valence electrons. The predicted molar refractivity (Wildman–Crippen MR) is 81.7 cm³/mol. The summed E-state index contributed by atoms with van der Waals surface area (Å²) in [4.78, 5) is 4.65. The summed E-state index contributed by atoms with van der Waals surface area (Å²) in [6.45, 7) is 10.3. The van der Waals surface area contributed by atoms with E-state index in [1.807, 2.05) is 12.4 Å². The van der Waals surface area contributed by atoms with Crippen LogP contribution in [0.4, 0.5) is 0 Å². The highest BCUT2D eigenvalue weighted by atomic mass is 15.3. The van der Waals surface area contributed by atoms with Crippen LogP contribution < -0.4 is 5.32 Å². The molecule has 20 heavy (non-hydrogen) atoms. The van der Waals surface area contributed by atoms with Gasteiger partial charge in [0.05, 0.1) is 17.4 Å². The number of aryl methyl sites for hydroxylation is 3. The molecule has 2 heterocycles. The van der Waals surface area contributed by atoms with Crippen molar-refractivity contribution in [3.05, 3.63) is 47.0 Å². The lowest BCUT2D eigenvalue weighted by Gasteiger charge is -2.21. The fourth-order valence-electron chi connectivity index (χ4n) is 2.56. The molecule has 0 saturated carbocycles. The van der Waals surface area contributed by atoms with Gasteiger partial charge in [0.1, 0.15) is 0 Å². The van der Waals surface area contributed by atoms with E-state index in [0.29, 0.717) is 0 Å². The first-order valence-corrected chi connectivity index (χ1v) is 7.35. The van der Waals surface area contributed by atoms with Crippen LogP contribution in [0.3, 0.4) is 0 Å². The van der Waals surface area contributed by atoms with Crippen molar-refractivity contribution in [3.8, 4) is 0 Å². The first-order chi connectivity index (χ1) is 9.67. The number of pyridine rings is 1. The zero-order valence-electron chi connectivity index (χ0n) is 12.8. The number of hydrogen-bond acceptors (Lipinski definition) is 3.